The lowest BCUT2D eigenvalue weighted by Gasteiger charge is -2.14. The van der Waals surface area contributed by atoms with E-state index in [-0.39, 0.29) is 24.9 Å². The molecule has 0 aliphatic rings. The van der Waals surface area contributed by atoms with Crippen molar-refractivity contribution >= 4 is 13.1 Å². The molecule has 0 radical (unpaired) electrons. The number of aliphatic hydroxyl groups is 1. The van der Waals surface area contributed by atoms with Crippen LogP contribution < -0.4 is 9.47 Å². The molecule has 0 unspecified atom stereocenters. The van der Waals surface area contributed by atoms with Crippen molar-refractivity contribution in [1.82, 2.24) is 0 Å². The number of carbonyl (C=O) groups excluding carboxylic acids is 1. The van der Waals surface area contributed by atoms with Crippen molar-refractivity contribution in [3.8, 4) is 11.5 Å². The number of carbonyl (C=O) groups is 1. The van der Waals surface area contributed by atoms with Gasteiger partial charge in [-0.3, -0.25) is 9.36 Å². The van der Waals surface area contributed by atoms with Crippen molar-refractivity contribution < 1.29 is 33.7 Å². The van der Waals surface area contributed by atoms with Crippen LogP contribution in [0.4, 0.5) is 0 Å². The summed E-state index contributed by atoms with van der Waals surface area (Å²) in [6, 6.07) is 11.6. The van der Waals surface area contributed by atoms with Gasteiger partial charge < -0.3 is 24.4 Å². The van der Waals surface area contributed by atoms with Crippen molar-refractivity contribution in [2.75, 3.05) is 13.2 Å². The molecule has 0 bridgehead atoms. The minimum absolute atomic E-state index is 0.0599. The number of hydrogen-bond acceptors (Lipinski definition) is 5. The van der Waals surface area contributed by atoms with Crippen LogP contribution in [0.15, 0.2) is 42.5 Å². The molecule has 8 heteroatoms. The van der Waals surface area contributed by atoms with Gasteiger partial charge in [-0.05, 0) is 55.3 Å². The number of benzene rings is 2. The molecule has 3 N–H and O–H groups in total. The van der Waals surface area contributed by atoms with Crippen LogP contribution in [-0.2, 0) is 11.0 Å². The Hall–Kier alpha value is -2.18. The van der Waals surface area contributed by atoms with Crippen molar-refractivity contribution in [3.05, 3.63) is 59.2 Å². The molecule has 0 amide bonds. The zero-order valence-corrected chi connectivity index (χ0v) is 16.1. The lowest BCUT2D eigenvalue weighted by atomic mass is 10.0. The Morgan fingerprint density at radius 1 is 1.11 bits per heavy atom. The van der Waals surface area contributed by atoms with Crippen LogP contribution in [0.25, 0.3) is 0 Å². The average Bonchev–Trinajstić information content (AvgIpc) is 2.60. The van der Waals surface area contributed by atoms with Gasteiger partial charge in [0.05, 0.1) is 12.7 Å². The van der Waals surface area contributed by atoms with E-state index in [0.29, 0.717) is 17.7 Å². The van der Waals surface area contributed by atoms with Gasteiger partial charge in [0.25, 0.3) is 5.52 Å². The molecule has 7 nitrogen and oxygen atoms in total. The first kappa shape index (κ1) is 21.1. The molecule has 0 saturated heterocycles. The van der Waals surface area contributed by atoms with E-state index in [0.717, 1.165) is 11.3 Å². The van der Waals surface area contributed by atoms with Gasteiger partial charge in [0.2, 0.25) is 0 Å². The quantitative estimate of drug-likeness (QED) is 0.561. The Balaban J connectivity index is 2.31. The largest absolute Gasteiger partial charge is 0.491 e. The van der Waals surface area contributed by atoms with E-state index in [2.05, 4.69) is 0 Å². The summed E-state index contributed by atoms with van der Waals surface area (Å²) < 4.78 is 22.3. The minimum Gasteiger partial charge on any atom is -0.491 e. The van der Waals surface area contributed by atoms with Crippen LogP contribution >= 0.6 is 7.60 Å². The molecule has 2 aromatic rings. The van der Waals surface area contributed by atoms with Crippen LogP contribution in [0.3, 0.4) is 0 Å². The first-order valence-electron chi connectivity index (χ1n) is 8.43. The first-order valence-corrected chi connectivity index (χ1v) is 10.0. The summed E-state index contributed by atoms with van der Waals surface area (Å²) in [5, 5.41) is 8.96. The van der Waals surface area contributed by atoms with Crippen molar-refractivity contribution in [3.63, 3.8) is 0 Å². The third kappa shape index (κ3) is 6.19. The highest BCUT2D eigenvalue weighted by Gasteiger charge is 2.28. The summed E-state index contributed by atoms with van der Waals surface area (Å²) in [5.74, 6) is 1.17. The molecule has 0 aromatic heterocycles. The summed E-state index contributed by atoms with van der Waals surface area (Å²) >= 11 is 0. The summed E-state index contributed by atoms with van der Waals surface area (Å²) in [6.07, 6.45) is 0.440. The first-order chi connectivity index (χ1) is 12.7. The zero-order valence-electron chi connectivity index (χ0n) is 15.2. The highest BCUT2D eigenvalue weighted by molar-refractivity contribution is 7.70. The summed E-state index contributed by atoms with van der Waals surface area (Å²) in [5.41, 5.74) is 0.161. The van der Waals surface area contributed by atoms with Crippen molar-refractivity contribution in [1.29, 1.82) is 0 Å². The standard InChI is InChI=1S/C19H23O7P/c1-13(2)26-17-6-3-14(4-7-17)11-16-12-15(19(21)27(22,23)24)5-8-18(16)25-10-9-20/h3-8,12-13,20H,9-11H2,1-2H3,(H2,22,23,24). The SMILES string of the molecule is CC(C)Oc1ccc(Cc2cc(C(=O)P(=O)(O)O)ccc2OCCO)cc1. The molecule has 2 rings (SSSR count). The lowest BCUT2D eigenvalue weighted by molar-refractivity contribution is 0.104. The molecular weight excluding hydrogens is 371 g/mol. The maximum Gasteiger partial charge on any atom is 0.396 e. The average molecular weight is 394 g/mol. The topological polar surface area (TPSA) is 113 Å². The normalized spacial score (nSPS) is 11.5. The zero-order chi connectivity index (χ0) is 20.0. The van der Waals surface area contributed by atoms with Gasteiger partial charge in [-0.2, -0.15) is 0 Å². The Morgan fingerprint density at radius 2 is 1.78 bits per heavy atom. The van der Waals surface area contributed by atoms with E-state index >= 15 is 0 Å². The molecule has 2 aromatic carbocycles. The molecule has 0 saturated carbocycles. The summed E-state index contributed by atoms with van der Waals surface area (Å²) in [4.78, 5) is 30.1. The predicted octanol–water partition coefficient (Wildman–Crippen LogP) is 2.75. The van der Waals surface area contributed by atoms with Gasteiger partial charge in [-0.25, -0.2) is 0 Å². The third-order valence-electron chi connectivity index (χ3n) is 3.61. The third-order valence-corrected chi connectivity index (χ3v) is 4.40. The van der Waals surface area contributed by atoms with E-state index in [4.69, 9.17) is 24.4 Å². The van der Waals surface area contributed by atoms with Crippen LogP contribution in [-0.4, -0.2) is 39.7 Å². The molecule has 0 heterocycles. The van der Waals surface area contributed by atoms with Gasteiger partial charge in [0, 0.05) is 12.0 Å². The summed E-state index contributed by atoms with van der Waals surface area (Å²) in [7, 11) is -4.87. The van der Waals surface area contributed by atoms with Crippen LogP contribution in [0.1, 0.15) is 35.3 Å². The number of hydrogen-bond donors (Lipinski definition) is 3. The van der Waals surface area contributed by atoms with E-state index in [1.165, 1.54) is 18.2 Å². The van der Waals surface area contributed by atoms with Crippen LogP contribution in [0.5, 0.6) is 11.5 Å². The number of rotatable bonds is 9. The van der Waals surface area contributed by atoms with Gasteiger partial charge in [-0.1, -0.05) is 12.1 Å². The minimum atomic E-state index is -4.87. The highest BCUT2D eigenvalue weighted by atomic mass is 31.2. The maximum absolute atomic E-state index is 11.9. The van der Waals surface area contributed by atoms with Gasteiger partial charge in [-0.15, -0.1) is 0 Å². The number of aliphatic hydroxyl groups excluding tert-OH is 1. The molecule has 0 aliphatic heterocycles. The smallest absolute Gasteiger partial charge is 0.396 e. The van der Waals surface area contributed by atoms with Gasteiger partial charge in [0.1, 0.15) is 18.1 Å². The Morgan fingerprint density at radius 3 is 2.33 bits per heavy atom. The van der Waals surface area contributed by atoms with Crippen molar-refractivity contribution in [2.24, 2.45) is 0 Å². The molecule has 0 spiro atoms. The van der Waals surface area contributed by atoms with Crippen LogP contribution in [0.2, 0.25) is 0 Å². The fraction of sp³-hybridized carbons (Fsp3) is 0.316. The second-order valence-electron chi connectivity index (χ2n) is 6.23. The van der Waals surface area contributed by atoms with E-state index in [1.54, 1.807) is 0 Å². The van der Waals surface area contributed by atoms with E-state index in [9.17, 15) is 9.36 Å². The highest BCUT2D eigenvalue weighted by Crippen LogP contribution is 2.40. The molecule has 0 fully saturated rings. The molecule has 146 valence electrons. The summed E-state index contributed by atoms with van der Waals surface area (Å²) in [6.45, 7) is 3.76. The van der Waals surface area contributed by atoms with Crippen molar-refractivity contribution in [2.45, 2.75) is 26.4 Å². The molecule has 0 atom stereocenters. The second kappa shape index (κ2) is 9.15. The predicted molar refractivity (Wildman–Crippen MR) is 100 cm³/mol. The Bertz CT molecular complexity index is 824. The maximum atomic E-state index is 11.9. The molecular formula is C19H23O7P. The number of ether oxygens (including phenoxy) is 2. The lowest BCUT2D eigenvalue weighted by Crippen LogP contribution is -2.07. The fourth-order valence-electron chi connectivity index (χ4n) is 2.49. The van der Waals surface area contributed by atoms with E-state index in [1.807, 2.05) is 38.1 Å². The van der Waals surface area contributed by atoms with Gasteiger partial charge >= 0.3 is 7.60 Å². The van der Waals surface area contributed by atoms with Gasteiger partial charge in [0.15, 0.2) is 0 Å². The van der Waals surface area contributed by atoms with E-state index < -0.39 is 13.1 Å². The second-order valence-corrected chi connectivity index (χ2v) is 7.73. The monoisotopic (exact) mass is 394 g/mol. The Kier molecular flexibility index (Phi) is 7.16. The molecule has 27 heavy (non-hydrogen) atoms. The Labute approximate surface area is 157 Å². The van der Waals surface area contributed by atoms with Crippen LogP contribution in [0, 0.1) is 0 Å². The fourth-order valence-corrected chi connectivity index (χ4v) is 2.97. The molecule has 0 aliphatic carbocycles.